The third-order valence-electron chi connectivity index (χ3n) is 6.45. The number of aryl methyl sites for hydroxylation is 1. The number of imidazole rings is 1. The molecule has 1 saturated carbocycles. The molecular weight excluding hydrogens is 426 g/mol. The summed E-state index contributed by atoms with van der Waals surface area (Å²) >= 11 is 0. The third-order valence-corrected chi connectivity index (χ3v) is 6.45. The first kappa shape index (κ1) is 22.1. The predicted octanol–water partition coefficient (Wildman–Crippen LogP) is 3.67. The van der Waals surface area contributed by atoms with Gasteiger partial charge in [-0.3, -0.25) is 4.98 Å². The molecule has 34 heavy (non-hydrogen) atoms. The maximum atomic E-state index is 6.12. The van der Waals surface area contributed by atoms with Gasteiger partial charge in [-0.25, -0.2) is 4.98 Å². The molecule has 4 aromatic rings. The van der Waals surface area contributed by atoms with E-state index in [1.165, 1.54) is 12.8 Å². The summed E-state index contributed by atoms with van der Waals surface area (Å²) in [5, 5.41) is 3.41. The minimum atomic E-state index is 0.243. The van der Waals surface area contributed by atoms with Crippen LogP contribution in [0, 0.1) is 0 Å². The molecule has 3 heterocycles. The molecule has 5 rings (SSSR count). The number of anilines is 3. The van der Waals surface area contributed by atoms with Gasteiger partial charge in [-0.05, 0) is 43.5 Å². The van der Waals surface area contributed by atoms with Crippen LogP contribution in [0.25, 0.3) is 22.4 Å². The Bertz CT molecular complexity index is 1270. The lowest BCUT2D eigenvalue weighted by Crippen LogP contribution is -2.12. The van der Waals surface area contributed by atoms with E-state index in [9.17, 15) is 0 Å². The molecule has 0 saturated heterocycles. The van der Waals surface area contributed by atoms with E-state index in [0.717, 1.165) is 59.5 Å². The second kappa shape index (κ2) is 9.64. The van der Waals surface area contributed by atoms with Gasteiger partial charge >= 0.3 is 0 Å². The van der Waals surface area contributed by atoms with Crippen LogP contribution in [0.2, 0.25) is 0 Å². The molecule has 7 N–H and O–H groups in total. The van der Waals surface area contributed by atoms with Crippen LogP contribution >= 0.6 is 0 Å². The predicted molar refractivity (Wildman–Crippen MR) is 136 cm³/mol. The Balaban J connectivity index is 1.42. The Hall–Kier alpha value is -3.72. The molecule has 0 unspecified atom stereocenters. The topological polar surface area (TPSA) is 147 Å². The van der Waals surface area contributed by atoms with E-state index >= 15 is 0 Å². The van der Waals surface area contributed by atoms with Crippen molar-refractivity contribution in [3.05, 3.63) is 54.0 Å². The molecule has 1 aromatic carbocycles. The van der Waals surface area contributed by atoms with Crippen LogP contribution in [-0.2, 0) is 13.0 Å². The number of nitrogens with zero attached hydrogens (tertiary/aromatic N) is 5. The monoisotopic (exact) mass is 457 g/mol. The van der Waals surface area contributed by atoms with E-state index in [2.05, 4.69) is 24.8 Å². The van der Waals surface area contributed by atoms with E-state index in [4.69, 9.17) is 22.2 Å². The SMILES string of the molecule is NCCCc1nc2c(NCc3ccc(-c4ccccc4N)nc3)nc(N)nc2n1C1CCCC1. The van der Waals surface area contributed by atoms with Crippen molar-refractivity contribution in [2.45, 2.75) is 51.1 Å². The molecular formula is C25H31N9. The molecule has 9 heteroatoms. The van der Waals surface area contributed by atoms with Gasteiger partial charge in [-0.2, -0.15) is 9.97 Å². The number of para-hydroxylation sites is 1. The number of fused-ring (bicyclic) bond motifs is 1. The molecule has 0 atom stereocenters. The summed E-state index contributed by atoms with van der Waals surface area (Å²) in [7, 11) is 0. The van der Waals surface area contributed by atoms with Gasteiger partial charge in [0.2, 0.25) is 5.95 Å². The summed E-state index contributed by atoms with van der Waals surface area (Å²) < 4.78 is 2.28. The minimum Gasteiger partial charge on any atom is -0.398 e. The van der Waals surface area contributed by atoms with E-state index in [0.29, 0.717) is 30.6 Å². The van der Waals surface area contributed by atoms with Crippen LogP contribution < -0.4 is 22.5 Å². The van der Waals surface area contributed by atoms with Gasteiger partial charge in [0.05, 0.1) is 5.69 Å². The fourth-order valence-corrected chi connectivity index (χ4v) is 4.75. The van der Waals surface area contributed by atoms with Gasteiger partial charge in [0, 0.05) is 36.5 Å². The summed E-state index contributed by atoms with van der Waals surface area (Å²) in [5.74, 6) is 1.90. The summed E-state index contributed by atoms with van der Waals surface area (Å²) in [6, 6.07) is 12.1. The lowest BCUT2D eigenvalue weighted by atomic mass is 10.1. The third kappa shape index (κ3) is 4.38. The van der Waals surface area contributed by atoms with Crippen molar-refractivity contribution in [3.63, 3.8) is 0 Å². The summed E-state index contributed by atoms with van der Waals surface area (Å²) in [6.45, 7) is 1.17. The quantitative estimate of drug-likeness (QED) is 0.293. The summed E-state index contributed by atoms with van der Waals surface area (Å²) in [4.78, 5) is 18.6. The van der Waals surface area contributed by atoms with Gasteiger partial charge < -0.3 is 27.1 Å². The lowest BCUT2D eigenvalue weighted by molar-refractivity contribution is 0.504. The minimum absolute atomic E-state index is 0.243. The van der Waals surface area contributed by atoms with Crippen molar-refractivity contribution in [2.75, 3.05) is 23.3 Å². The molecule has 0 amide bonds. The first-order valence-electron chi connectivity index (χ1n) is 11.9. The number of nitrogens with one attached hydrogen (secondary N) is 1. The zero-order valence-electron chi connectivity index (χ0n) is 19.2. The van der Waals surface area contributed by atoms with Gasteiger partial charge in [-0.1, -0.05) is 37.1 Å². The van der Waals surface area contributed by atoms with Crippen molar-refractivity contribution in [1.82, 2.24) is 24.5 Å². The molecule has 1 fully saturated rings. The normalized spacial score (nSPS) is 14.1. The zero-order valence-corrected chi connectivity index (χ0v) is 19.2. The van der Waals surface area contributed by atoms with Crippen molar-refractivity contribution < 1.29 is 0 Å². The highest BCUT2D eigenvalue weighted by Gasteiger charge is 2.25. The fraction of sp³-hybridized carbons (Fsp3) is 0.360. The Labute approximate surface area is 198 Å². The molecule has 0 bridgehead atoms. The molecule has 0 radical (unpaired) electrons. The second-order valence-corrected chi connectivity index (χ2v) is 8.82. The molecule has 3 aromatic heterocycles. The lowest BCUT2D eigenvalue weighted by Gasteiger charge is -2.16. The number of pyridine rings is 1. The number of hydrogen-bond acceptors (Lipinski definition) is 8. The van der Waals surface area contributed by atoms with Crippen LogP contribution in [0.5, 0.6) is 0 Å². The number of nitrogen functional groups attached to an aromatic ring is 2. The molecule has 176 valence electrons. The van der Waals surface area contributed by atoms with Gasteiger partial charge in [-0.15, -0.1) is 0 Å². The smallest absolute Gasteiger partial charge is 0.224 e. The highest BCUT2D eigenvalue weighted by molar-refractivity contribution is 5.85. The van der Waals surface area contributed by atoms with E-state index in [-0.39, 0.29) is 5.95 Å². The average Bonchev–Trinajstić information content (AvgIpc) is 3.49. The van der Waals surface area contributed by atoms with Crippen molar-refractivity contribution in [2.24, 2.45) is 5.73 Å². The number of rotatable bonds is 8. The fourth-order valence-electron chi connectivity index (χ4n) is 4.75. The second-order valence-electron chi connectivity index (χ2n) is 8.82. The van der Waals surface area contributed by atoms with Gasteiger partial charge in [0.15, 0.2) is 17.0 Å². The van der Waals surface area contributed by atoms with E-state index in [1.807, 2.05) is 42.6 Å². The highest BCUT2D eigenvalue weighted by Crippen LogP contribution is 2.35. The number of nitrogens with two attached hydrogens (primary N) is 3. The summed E-state index contributed by atoms with van der Waals surface area (Å²) in [5.41, 5.74) is 23.1. The zero-order chi connectivity index (χ0) is 23.5. The maximum Gasteiger partial charge on any atom is 0.224 e. The Kier molecular flexibility index (Phi) is 6.27. The van der Waals surface area contributed by atoms with Gasteiger partial charge in [0.25, 0.3) is 0 Å². The molecule has 1 aliphatic carbocycles. The Morgan fingerprint density at radius 2 is 1.82 bits per heavy atom. The molecule has 0 spiro atoms. The first-order chi connectivity index (χ1) is 16.6. The maximum absolute atomic E-state index is 6.12. The standard InChI is InChI=1S/C25H31N9/c26-13-5-10-21-31-22-23(32-25(28)33-24(22)34(21)17-6-1-2-7-17)30-15-16-11-12-20(29-14-16)18-8-3-4-9-19(18)27/h3-4,8-9,11-12,14,17H,1-2,5-7,10,13,15,26-27H2,(H3,28,30,32,33). The van der Waals surface area contributed by atoms with Crippen molar-refractivity contribution >= 4 is 28.6 Å². The Morgan fingerprint density at radius 3 is 2.56 bits per heavy atom. The molecule has 0 aliphatic heterocycles. The Morgan fingerprint density at radius 1 is 1.00 bits per heavy atom. The highest BCUT2D eigenvalue weighted by atomic mass is 15.2. The van der Waals surface area contributed by atoms with Crippen molar-refractivity contribution in [1.29, 1.82) is 0 Å². The first-order valence-corrected chi connectivity index (χ1v) is 11.9. The number of hydrogen-bond donors (Lipinski definition) is 4. The van der Waals surface area contributed by atoms with Crippen LogP contribution in [0.15, 0.2) is 42.6 Å². The van der Waals surface area contributed by atoms with Crippen molar-refractivity contribution in [3.8, 4) is 11.3 Å². The average molecular weight is 458 g/mol. The van der Waals surface area contributed by atoms with E-state index < -0.39 is 0 Å². The van der Waals surface area contributed by atoms with Crippen LogP contribution in [-0.4, -0.2) is 31.0 Å². The van der Waals surface area contributed by atoms with Crippen LogP contribution in [0.4, 0.5) is 17.5 Å². The number of benzene rings is 1. The summed E-state index contributed by atoms with van der Waals surface area (Å²) in [6.07, 6.45) is 8.27. The molecule has 1 aliphatic rings. The number of aromatic nitrogens is 5. The van der Waals surface area contributed by atoms with Crippen LogP contribution in [0.1, 0.15) is 49.5 Å². The van der Waals surface area contributed by atoms with E-state index in [1.54, 1.807) is 0 Å². The van der Waals surface area contributed by atoms with Gasteiger partial charge in [0.1, 0.15) is 5.82 Å². The van der Waals surface area contributed by atoms with Crippen LogP contribution in [0.3, 0.4) is 0 Å². The largest absolute Gasteiger partial charge is 0.398 e. The molecule has 9 nitrogen and oxygen atoms in total.